The van der Waals surface area contributed by atoms with Crippen LogP contribution in [0.15, 0.2) is 23.5 Å². The first-order valence-electron chi connectivity index (χ1n) is 6.69. The Labute approximate surface area is 118 Å². The van der Waals surface area contributed by atoms with Crippen molar-refractivity contribution in [3.63, 3.8) is 0 Å². The van der Waals surface area contributed by atoms with Crippen molar-refractivity contribution in [2.24, 2.45) is 0 Å². The highest BCUT2D eigenvalue weighted by atomic mass is 16.7. The molecule has 4 heteroatoms. The fourth-order valence-electron chi connectivity index (χ4n) is 2.64. The molecule has 20 heavy (non-hydrogen) atoms. The van der Waals surface area contributed by atoms with Gasteiger partial charge in [0.2, 0.25) is 5.78 Å². The zero-order chi connectivity index (χ0) is 14.5. The second kappa shape index (κ2) is 4.43. The summed E-state index contributed by atoms with van der Waals surface area (Å²) in [5.74, 6) is 0.446. The van der Waals surface area contributed by atoms with Crippen LogP contribution in [0.5, 0.6) is 5.75 Å². The third-order valence-electron chi connectivity index (χ3n) is 3.93. The third kappa shape index (κ3) is 1.87. The number of hydrogen-bond donors (Lipinski definition) is 0. The molecule has 1 aromatic carbocycles. The van der Waals surface area contributed by atoms with Crippen molar-refractivity contribution < 1.29 is 19.0 Å². The number of fused-ring (bicyclic) bond motifs is 3. The smallest absolute Gasteiger partial charge is 0.231 e. The molecular weight excluding hydrogens is 256 g/mol. The van der Waals surface area contributed by atoms with E-state index < -0.39 is 5.79 Å². The summed E-state index contributed by atoms with van der Waals surface area (Å²) in [5, 5.41) is 0. The van der Waals surface area contributed by atoms with Crippen molar-refractivity contribution in [3.8, 4) is 5.75 Å². The van der Waals surface area contributed by atoms with Gasteiger partial charge in [0.15, 0.2) is 11.5 Å². The number of hydrogen-bond acceptors (Lipinski definition) is 4. The molecule has 0 amide bonds. The van der Waals surface area contributed by atoms with Gasteiger partial charge in [-0.15, -0.1) is 0 Å². The molecule has 4 nitrogen and oxygen atoms in total. The van der Waals surface area contributed by atoms with E-state index in [0.717, 1.165) is 16.7 Å². The van der Waals surface area contributed by atoms with Crippen LogP contribution in [0.2, 0.25) is 0 Å². The minimum Gasteiger partial charge on any atom is -0.452 e. The largest absolute Gasteiger partial charge is 0.452 e. The van der Waals surface area contributed by atoms with Crippen LogP contribution in [0.4, 0.5) is 0 Å². The Morgan fingerprint density at radius 2 is 2.10 bits per heavy atom. The van der Waals surface area contributed by atoms with Crippen molar-refractivity contribution >= 4 is 5.78 Å². The molecule has 0 radical (unpaired) electrons. The maximum atomic E-state index is 12.3. The molecule has 1 atom stereocenters. The van der Waals surface area contributed by atoms with Crippen LogP contribution in [0, 0.1) is 0 Å². The van der Waals surface area contributed by atoms with Crippen LogP contribution in [0.25, 0.3) is 0 Å². The predicted molar refractivity (Wildman–Crippen MR) is 73.7 cm³/mol. The topological polar surface area (TPSA) is 44.8 Å². The normalized spacial score (nSPS) is 24.2. The van der Waals surface area contributed by atoms with Gasteiger partial charge in [-0.1, -0.05) is 6.07 Å². The van der Waals surface area contributed by atoms with Gasteiger partial charge in [0.1, 0.15) is 5.75 Å². The van der Waals surface area contributed by atoms with Crippen molar-refractivity contribution in [2.45, 2.75) is 39.6 Å². The quantitative estimate of drug-likeness (QED) is 0.738. The molecule has 0 bridgehead atoms. The molecule has 3 rings (SSSR count). The summed E-state index contributed by atoms with van der Waals surface area (Å²) in [6.07, 6.45) is 0.647. The molecule has 0 saturated heterocycles. The van der Waals surface area contributed by atoms with Crippen molar-refractivity contribution in [3.05, 3.63) is 40.2 Å². The molecule has 0 unspecified atom stereocenters. The van der Waals surface area contributed by atoms with Gasteiger partial charge in [-0.3, -0.25) is 4.79 Å². The van der Waals surface area contributed by atoms with Crippen LogP contribution >= 0.6 is 0 Å². The van der Waals surface area contributed by atoms with Gasteiger partial charge in [0, 0.05) is 19.1 Å². The zero-order valence-electron chi connectivity index (χ0n) is 12.2. The van der Waals surface area contributed by atoms with Crippen LogP contribution in [0.1, 0.15) is 42.3 Å². The Hall–Kier alpha value is -1.65. The SMILES string of the molecule is CO[C@]1(C)Cc2ccc3c(c2CO1)OC(=C(C)C)C3=O. The maximum absolute atomic E-state index is 12.3. The zero-order valence-corrected chi connectivity index (χ0v) is 12.2. The monoisotopic (exact) mass is 274 g/mol. The van der Waals surface area contributed by atoms with E-state index in [1.807, 2.05) is 32.9 Å². The number of benzene rings is 1. The summed E-state index contributed by atoms with van der Waals surface area (Å²) in [7, 11) is 1.64. The number of methoxy groups -OCH3 is 1. The standard InChI is InChI=1S/C16H18O4/c1-9(2)14-13(17)11-6-5-10-7-16(3,18-4)19-8-12(10)15(11)20-14/h5-6H,7-8H2,1-4H3/t16-/m0/s1. The molecule has 2 heterocycles. The number of ketones is 1. The second-order valence-corrected chi connectivity index (χ2v) is 5.64. The van der Waals surface area contributed by atoms with E-state index in [4.69, 9.17) is 14.2 Å². The summed E-state index contributed by atoms with van der Waals surface area (Å²) in [6.45, 7) is 6.07. The van der Waals surface area contributed by atoms with Crippen LogP contribution < -0.4 is 4.74 Å². The van der Waals surface area contributed by atoms with E-state index in [-0.39, 0.29) is 5.78 Å². The van der Waals surface area contributed by atoms with Gasteiger partial charge >= 0.3 is 0 Å². The molecule has 2 aliphatic rings. The minimum absolute atomic E-state index is 0.0390. The Kier molecular flexibility index (Phi) is 2.96. The number of carbonyl (C=O) groups is 1. The van der Waals surface area contributed by atoms with Crippen molar-refractivity contribution in [1.29, 1.82) is 0 Å². The first-order valence-corrected chi connectivity index (χ1v) is 6.69. The van der Waals surface area contributed by atoms with E-state index >= 15 is 0 Å². The Morgan fingerprint density at radius 1 is 1.35 bits per heavy atom. The number of allylic oxidation sites excluding steroid dienone is 2. The Morgan fingerprint density at radius 3 is 2.75 bits per heavy atom. The second-order valence-electron chi connectivity index (χ2n) is 5.64. The highest BCUT2D eigenvalue weighted by Gasteiger charge is 2.37. The molecule has 0 fully saturated rings. The average molecular weight is 274 g/mol. The average Bonchev–Trinajstić information content (AvgIpc) is 2.76. The van der Waals surface area contributed by atoms with Gasteiger partial charge in [-0.05, 0) is 38.0 Å². The molecular formula is C16H18O4. The number of rotatable bonds is 1. The van der Waals surface area contributed by atoms with E-state index in [1.54, 1.807) is 7.11 Å². The Balaban J connectivity index is 2.07. The van der Waals surface area contributed by atoms with E-state index in [0.29, 0.717) is 30.1 Å². The highest BCUT2D eigenvalue weighted by Crippen LogP contribution is 2.41. The summed E-state index contributed by atoms with van der Waals surface area (Å²) in [5.41, 5.74) is 3.59. The lowest BCUT2D eigenvalue weighted by Gasteiger charge is -2.34. The highest BCUT2D eigenvalue weighted by molar-refractivity contribution is 6.13. The first kappa shape index (κ1) is 13.3. The van der Waals surface area contributed by atoms with E-state index in [2.05, 4.69) is 0 Å². The lowest BCUT2D eigenvalue weighted by Crippen LogP contribution is -2.37. The minimum atomic E-state index is -0.608. The summed E-state index contributed by atoms with van der Waals surface area (Å²) in [4.78, 5) is 12.3. The molecule has 106 valence electrons. The summed E-state index contributed by atoms with van der Waals surface area (Å²) in [6, 6.07) is 3.82. The molecule has 0 aromatic heterocycles. The van der Waals surface area contributed by atoms with Crippen LogP contribution in [-0.4, -0.2) is 18.7 Å². The van der Waals surface area contributed by atoms with Crippen molar-refractivity contribution in [1.82, 2.24) is 0 Å². The lowest BCUT2D eigenvalue weighted by molar-refractivity contribution is -0.223. The van der Waals surface area contributed by atoms with Gasteiger partial charge in [-0.25, -0.2) is 0 Å². The Bertz CT molecular complexity index is 626. The fourth-order valence-corrected chi connectivity index (χ4v) is 2.64. The summed E-state index contributed by atoms with van der Waals surface area (Å²) < 4.78 is 17.0. The predicted octanol–water partition coefficient (Wildman–Crippen LogP) is 2.99. The fraction of sp³-hybridized carbons (Fsp3) is 0.438. The third-order valence-corrected chi connectivity index (χ3v) is 3.93. The summed E-state index contributed by atoms with van der Waals surface area (Å²) >= 11 is 0. The van der Waals surface area contributed by atoms with Crippen molar-refractivity contribution in [2.75, 3.05) is 7.11 Å². The van der Waals surface area contributed by atoms with Gasteiger partial charge < -0.3 is 14.2 Å². The number of Topliss-reactive ketones (excluding diaryl/α,β-unsaturated/α-hetero) is 1. The number of ether oxygens (including phenoxy) is 3. The lowest BCUT2D eigenvalue weighted by atomic mass is 9.94. The number of carbonyl (C=O) groups excluding carboxylic acids is 1. The molecule has 1 aromatic rings. The molecule has 0 aliphatic carbocycles. The van der Waals surface area contributed by atoms with Crippen LogP contribution in [0.3, 0.4) is 0 Å². The van der Waals surface area contributed by atoms with Gasteiger partial charge in [0.25, 0.3) is 0 Å². The maximum Gasteiger partial charge on any atom is 0.231 e. The molecule has 0 N–H and O–H groups in total. The molecule has 0 spiro atoms. The van der Waals surface area contributed by atoms with Gasteiger partial charge in [-0.2, -0.15) is 0 Å². The van der Waals surface area contributed by atoms with E-state index in [9.17, 15) is 4.79 Å². The first-order chi connectivity index (χ1) is 9.45. The molecule has 2 aliphatic heterocycles. The van der Waals surface area contributed by atoms with E-state index in [1.165, 1.54) is 0 Å². The van der Waals surface area contributed by atoms with Gasteiger partial charge in [0.05, 0.1) is 12.2 Å². The van der Waals surface area contributed by atoms with Crippen LogP contribution in [-0.2, 0) is 22.5 Å². The molecule has 0 saturated carbocycles.